The van der Waals surface area contributed by atoms with E-state index in [0.717, 1.165) is 5.69 Å². The first-order chi connectivity index (χ1) is 22.3. The van der Waals surface area contributed by atoms with Crippen molar-refractivity contribution in [2.45, 2.75) is 32.9 Å². The van der Waals surface area contributed by atoms with E-state index in [2.05, 4.69) is 14.9 Å². The van der Waals surface area contributed by atoms with Crippen molar-refractivity contribution < 1.29 is 18.3 Å². The maximum atomic E-state index is 15.1. The number of aromatic nitrogens is 4. The van der Waals surface area contributed by atoms with E-state index in [1.807, 2.05) is 69.3 Å². The topological polar surface area (TPSA) is 122 Å². The highest BCUT2D eigenvalue weighted by molar-refractivity contribution is 5.98. The van der Waals surface area contributed by atoms with Crippen LogP contribution in [-0.4, -0.2) is 52.2 Å². The van der Waals surface area contributed by atoms with Crippen LogP contribution in [0.25, 0.3) is 44.4 Å². The number of rotatable bonds is 7. The fourth-order valence-corrected chi connectivity index (χ4v) is 6.06. The molecule has 3 aromatic heterocycles. The third-order valence-corrected chi connectivity index (χ3v) is 8.17. The van der Waals surface area contributed by atoms with Gasteiger partial charge in [0.15, 0.2) is 17.2 Å². The molecule has 46 heavy (non-hydrogen) atoms. The van der Waals surface area contributed by atoms with E-state index in [4.69, 9.17) is 24.7 Å². The SMILES string of the molecule is CC(C)Oc1ccc(-c2nn(C(C)c3oc4cccc(N5CCOCC5)c4c(=O)c3-c3ccccc3)c3ncnc(N)c23)cc1F. The predicted molar refractivity (Wildman–Crippen MR) is 176 cm³/mol. The summed E-state index contributed by atoms with van der Waals surface area (Å²) in [7, 11) is 0. The maximum Gasteiger partial charge on any atom is 0.202 e. The molecule has 4 heterocycles. The lowest BCUT2D eigenvalue weighted by molar-refractivity contribution is 0.123. The third-order valence-electron chi connectivity index (χ3n) is 8.17. The Bertz CT molecular complexity index is 2120. The molecule has 1 fully saturated rings. The molecule has 0 bridgehead atoms. The Balaban J connectivity index is 1.44. The Labute approximate surface area is 264 Å². The number of halogens is 1. The molecule has 0 aliphatic carbocycles. The molecule has 1 saturated heterocycles. The van der Waals surface area contributed by atoms with Crippen molar-refractivity contribution in [3.63, 3.8) is 0 Å². The van der Waals surface area contributed by atoms with E-state index >= 15 is 4.39 Å². The highest BCUT2D eigenvalue weighted by Crippen LogP contribution is 2.38. The smallest absolute Gasteiger partial charge is 0.202 e. The van der Waals surface area contributed by atoms with E-state index in [1.165, 1.54) is 12.4 Å². The summed E-state index contributed by atoms with van der Waals surface area (Å²) in [5, 5.41) is 5.88. The van der Waals surface area contributed by atoms with Crippen molar-refractivity contribution in [2.24, 2.45) is 0 Å². The molecule has 234 valence electrons. The van der Waals surface area contributed by atoms with Crippen molar-refractivity contribution in [2.75, 3.05) is 36.9 Å². The van der Waals surface area contributed by atoms with Gasteiger partial charge in [0.25, 0.3) is 0 Å². The van der Waals surface area contributed by atoms with Gasteiger partial charge >= 0.3 is 0 Å². The maximum absolute atomic E-state index is 15.1. The zero-order valence-corrected chi connectivity index (χ0v) is 25.7. The summed E-state index contributed by atoms with van der Waals surface area (Å²) in [6.45, 7) is 8.06. The van der Waals surface area contributed by atoms with Gasteiger partial charge in [0, 0.05) is 18.7 Å². The van der Waals surface area contributed by atoms with Crippen LogP contribution in [0.4, 0.5) is 15.9 Å². The van der Waals surface area contributed by atoms with Crippen LogP contribution in [-0.2, 0) is 4.74 Å². The molecular formula is C35H33FN6O4. The second kappa shape index (κ2) is 11.9. The molecule has 7 rings (SSSR count). The minimum absolute atomic E-state index is 0.141. The standard InChI is InChI=1S/C35H33FN6O4/c1-20(2)45-26-13-12-23(18-24(26)36)31-30-34(37)38-19-39-35(30)42(40-31)21(3)33-28(22-8-5-4-6-9-22)32(43)29-25(10-7-11-27(29)46-33)41-14-16-44-17-15-41/h4-13,18-21H,14-17H2,1-3H3,(H2,37,38,39). The number of hydrogen-bond acceptors (Lipinski definition) is 9. The van der Waals surface area contributed by atoms with Gasteiger partial charge in [-0.3, -0.25) is 4.79 Å². The predicted octanol–water partition coefficient (Wildman–Crippen LogP) is 6.22. The number of nitrogen functional groups attached to an aromatic ring is 1. The van der Waals surface area contributed by atoms with Crippen LogP contribution in [0.2, 0.25) is 0 Å². The molecule has 1 aliphatic rings. The number of benzene rings is 3. The van der Waals surface area contributed by atoms with Crippen molar-refractivity contribution in [1.29, 1.82) is 0 Å². The molecule has 11 heteroatoms. The van der Waals surface area contributed by atoms with Gasteiger partial charge in [-0.25, -0.2) is 19.0 Å². The lowest BCUT2D eigenvalue weighted by Gasteiger charge is -2.29. The molecule has 0 spiro atoms. The zero-order chi connectivity index (χ0) is 31.9. The third kappa shape index (κ3) is 5.12. The molecule has 1 atom stereocenters. The van der Waals surface area contributed by atoms with Crippen molar-refractivity contribution in [1.82, 2.24) is 19.7 Å². The zero-order valence-electron chi connectivity index (χ0n) is 25.7. The van der Waals surface area contributed by atoms with Gasteiger partial charge in [0.2, 0.25) is 5.43 Å². The average molecular weight is 621 g/mol. The first-order valence-corrected chi connectivity index (χ1v) is 15.2. The minimum Gasteiger partial charge on any atom is -0.488 e. The number of morpholine rings is 1. The van der Waals surface area contributed by atoms with E-state index in [-0.39, 0.29) is 23.1 Å². The Hall–Kier alpha value is -5.29. The summed E-state index contributed by atoms with van der Waals surface area (Å²) >= 11 is 0. The van der Waals surface area contributed by atoms with Gasteiger partial charge < -0.3 is 24.5 Å². The van der Waals surface area contributed by atoms with Crippen LogP contribution >= 0.6 is 0 Å². The minimum atomic E-state index is -0.627. The first-order valence-electron chi connectivity index (χ1n) is 15.2. The van der Waals surface area contributed by atoms with E-state index in [1.54, 1.807) is 16.8 Å². The Morgan fingerprint density at radius 1 is 0.935 bits per heavy atom. The van der Waals surface area contributed by atoms with Gasteiger partial charge in [0.05, 0.1) is 41.3 Å². The monoisotopic (exact) mass is 620 g/mol. The highest BCUT2D eigenvalue weighted by Gasteiger charge is 2.28. The molecule has 0 amide bonds. The van der Waals surface area contributed by atoms with E-state index in [0.29, 0.717) is 76.5 Å². The molecule has 10 nitrogen and oxygen atoms in total. The average Bonchev–Trinajstić information content (AvgIpc) is 3.46. The van der Waals surface area contributed by atoms with Crippen LogP contribution < -0.4 is 20.8 Å². The molecular weight excluding hydrogens is 587 g/mol. The number of ether oxygens (including phenoxy) is 2. The summed E-state index contributed by atoms with van der Waals surface area (Å²) in [6, 6.07) is 19.1. The van der Waals surface area contributed by atoms with E-state index in [9.17, 15) is 4.79 Å². The Morgan fingerprint density at radius 2 is 1.72 bits per heavy atom. The van der Waals surface area contributed by atoms with E-state index < -0.39 is 11.9 Å². The van der Waals surface area contributed by atoms with Gasteiger partial charge in [-0.2, -0.15) is 5.10 Å². The molecule has 2 N–H and O–H groups in total. The molecule has 0 saturated carbocycles. The normalized spacial score (nSPS) is 14.3. The second-order valence-corrected chi connectivity index (χ2v) is 11.5. The van der Waals surface area contributed by atoms with Gasteiger partial charge in [-0.05, 0) is 56.7 Å². The quantitative estimate of drug-likeness (QED) is 0.222. The first kappa shape index (κ1) is 29.4. The van der Waals surface area contributed by atoms with Crippen LogP contribution in [0.3, 0.4) is 0 Å². The van der Waals surface area contributed by atoms with Gasteiger partial charge in [-0.15, -0.1) is 0 Å². The fraction of sp³-hybridized carbons (Fsp3) is 0.257. The second-order valence-electron chi connectivity index (χ2n) is 11.5. The molecule has 6 aromatic rings. The number of hydrogen-bond donors (Lipinski definition) is 1. The fourth-order valence-electron chi connectivity index (χ4n) is 6.06. The van der Waals surface area contributed by atoms with Crippen LogP contribution in [0.1, 0.15) is 32.6 Å². The molecule has 0 radical (unpaired) electrons. The number of anilines is 2. The Kier molecular flexibility index (Phi) is 7.61. The largest absolute Gasteiger partial charge is 0.488 e. The Morgan fingerprint density at radius 3 is 2.46 bits per heavy atom. The number of nitrogens with zero attached hydrogens (tertiary/aromatic N) is 5. The highest BCUT2D eigenvalue weighted by atomic mass is 19.1. The van der Waals surface area contributed by atoms with Gasteiger partial charge in [-0.1, -0.05) is 36.4 Å². The summed E-state index contributed by atoms with van der Waals surface area (Å²) < 4.78 is 34.6. The summed E-state index contributed by atoms with van der Waals surface area (Å²) in [4.78, 5) is 25.5. The number of fused-ring (bicyclic) bond motifs is 2. The van der Waals surface area contributed by atoms with Crippen molar-refractivity contribution in [3.05, 3.63) is 94.9 Å². The molecule has 3 aromatic carbocycles. The van der Waals surface area contributed by atoms with Crippen molar-refractivity contribution in [3.8, 4) is 28.1 Å². The van der Waals surface area contributed by atoms with Crippen molar-refractivity contribution >= 4 is 33.5 Å². The lowest BCUT2D eigenvalue weighted by atomic mass is 9.98. The van der Waals surface area contributed by atoms with Gasteiger partial charge in [0.1, 0.15) is 35.2 Å². The summed E-state index contributed by atoms with van der Waals surface area (Å²) in [5.41, 5.74) is 9.93. The summed E-state index contributed by atoms with van der Waals surface area (Å²) in [6.07, 6.45) is 1.17. The molecule has 1 unspecified atom stereocenters. The van der Waals surface area contributed by atoms with Crippen LogP contribution in [0.5, 0.6) is 5.75 Å². The lowest BCUT2D eigenvalue weighted by Crippen LogP contribution is -2.36. The van der Waals surface area contributed by atoms with Crippen LogP contribution in [0.15, 0.2) is 82.3 Å². The number of nitrogens with two attached hydrogens (primary N) is 1. The summed E-state index contributed by atoms with van der Waals surface area (Å²) in [5.74, 6) is 0.213. The molecule has 1 aliphatic heterocycles. The van der Waals surface area contributed by atoms with Crippen LogP contribution in [0, 0.1) is 5.82 Å².